The fraction of sp³-hybridized carbons (Fsp3) is 0.600. The van der Waals surface area contributed by atoms with Crippen LogP contribution >= 0.6 is 0 Å². The van der Waals surface area contributed by atoms with Crippen molar-refractivity contribution in [3.63, 3.8) is 0 Å². The van der Waals surface area contributed by atoms with Crippen molar-refractivity contribution in [2.45, 2.75) is 18.4 Å². The Morgan fingerprint density at radius 2 is 2.25 bits per heavy atom. The minimum Gasteiger partial charge on any atom is -0.383 e. The number of hydrogen-bond acceptors (Lipinski definition) is 4. The van der Waals surface area contributed by atoms with Gasteiger partial charge in [0.05, 0.1) is 6.61 Å². The number of carbonyl (C=O) groups is 1. The predicted octanol–water partition coefficient (Wildman–Crippen LogP) is 1.02. The Morgan fingerprint density at radius 3 is 2.90 bits per heavy atom. The molecular weight excluding hydrogens is 254 g/mol. The SMILES string of the molecule is COCCN1CCC12CCN(C(=O)c1ccccn1)C2. The molecule has 3 rings (SSSR count). The average molecular weight is 275 g/mol. The standard InChI is InChI=1S/C15H21N3O2/c1-20-11-10-18-9-6-15(18)5-8-17(12-15)14(19)13-4-2-3-7-16-13/h2-4,7H,5-6,8-12H2,1H3. The summed E-state index contributed by atoms with van der Waals surface area (Å²) in [6.07, 6.45) is 3.92. The van der Waals surface area contributed by atoms with Gasteiger partial charge in [0, 0.05) is 45.0 Å². The Labute approximate surface area is 119 Å². The summed E-state index contributed by atoms with van der Waals surface area (Å²) < 4.78 is 5.16. The van der Waals surface area contributed by atoms with Crippen LogP contribution in [0.1, 0.15) is 23.3 Å². The number of rotatable bonds is 4. The van der Waals surface area contributed by atoms with Crippen LogP contribution in [0.3, 0.4) is 0 Å². The van der Waals surface area contributed by atoms with Crippen LogP contribution in [0.15, 0.2) is 24.4 Å². The van der Waals surface area contributed by atoms with Crippen LogP contribution in [-0.2, 0) is 4.74 Å². The molecule has 1 atom stereocenters. The maximum atomic E-state index is 12.4. The van der Waals surface area contributed by atoms with Gasteiger partial charge in [0.15, 0.2) is 0 Å². The van der Waals surface area contributed by atoms with E-state index in [0.717, 1.165) is 39.2 Å². The van der Waals surface area contributed by atoms with Gasteiger partial charge in [-0.15, -0.1) is 0 Å². The van der Waals surface area contributed by atoms with Crippen molar-refractivity contribution in [1.82, 2.24) is 14.8 Å². The lowest BCUT2D eigenvalue weighted by Crippen LogP contribution is -2.62. The summed E-state index contributed by atoms with van der Waals surface area (Å²) in [4.78, 5) is 21.0. The maximum absolute atomic E-state index is 12.4. The first-order valence-electron chi connectivity index (χ1n) is 7.19. The van der Waals surface area contributed by atoms with E-state index in [-0.39, 0.29) is 11.4 Å². The van der Waals surface area contributed by atoms with E-state index in [1.54, 1.807) is 19.4 Å². The minimum absolute atomic E-state index is 0.0565. The zero-order valence-corrected chi connectivity index (χ0v) is 11.9. The molecule has 0 saturated carbocycles. The Hall–Kier alpha value is -1.46. The van der Waals surface area contributed by atoms with Crippen LogP contribution in [0.2, 0.25) is 0 Å². The Morgan fingerprint density at radius 1 is 1.40 bits per heavy atom. The van der Waals surface area contributed by atoms with Gasteiger partial charge in [0.2, 0.25) is 0 Å². The fourth-order valence-corrected chi connectivity index (χ4v) is 3.28. The van der Waals surface area contributed by atoms with E-state index in [4.69, 9.17) is 4.74 Å². The van der Waals surface area contributed by atoms with E-state index < -0.39 is 0 Å². The number of carbonyl (C=O) groups excluding carboxylic acids is 1. The van der Waals surface area contributed by atoms with E-state index in [1.165, 1.54) is 6.42 Å². The first-order valence-corrected chi connectivity index (χ1v) is 7.19. The molecule has 0 bridgehead atoms. The Bertz CT molecular complexity index is 479. The molecule has 20 heavy (non-hydrogen) atoms. The second-order valence-corrected chi connectivity index (χ2v) is 5.65. The number of methoxy groups -OCH3 is 1. The quantitative estimate of drug-likeness (QED) is 0.823. The van der Waals surface area contributed by atoms with Crippen molar-refractivity contribution in [3.05, 3.63) is 30.1 Å². The molecule has 2 aliphatic rings. The third-order valence-electron chi connectivity index (χ3n) is 4.59. The number of likely N-dealkylation sites (tertiary alicyclic amines) is 2. The van der Waals surface area contributed by atoms with Crippen LogP contribution in [0.5, 0.6) is 0 Å². The summed E-state index contributed by atoms with van der Waals surface area (Å²) >= 11 is 0. The average Bonchev–Trinajstić information content (AvgIpc) is 2.94. The molecule has 1 amide bonds. The summed E-state index contributed by atoms with van der Waals surface area (Å²) in [5.74, 6) is 0.0565. The topological polar surface area (TPSA) is 45.7 Å². The normalized spacial score (nSPS) is 25.9. The van der Waals surface area contributed by atoms with E-state index in [2.05, 4.69) is 9.88 Å². The van der Waals surface area contributed by atoms with E-state index in [0.29, 0.717) is 5.69 Å². The first kappa shape index (κ1) is 13.5. The molecule has 2 fully saturated rings. The zero-order chi connectivity index (χ0) is 14.0. The molecule has 0 aliphatic carbocycles. The molecule has 1 aromatic heterocycles. The number of aromatic nitrogens is 1. The van der Waals surface area contributed by atoms with Crippen LogP contribution in [-0.4, -0.2) is 66.1 Å². The van der Waals surface area contributed by atoms with Crippen molar-refractivity contribution in [3.8, 4) is 0 Å². The molecule has 0 N–H and O–H groups in total. The summed E-state index contributed by atoms with van der Waals surface area (Å²) in [5, 5.41) is 0. The van der Waals surface area contributed by atoms with Crippen molar-refractivity contribution in [1.29, 1.82) is 0 Å². The summed E-state index contributed by atoms with van der Waals surface area (Å²) in [5.41, 5.74) is 0.746. The van der Waals surface area contributed by atoms with Crippen LogP contribution in [0.4, 0.5) is 0 Å². The monoisotopic (exact) mass is 275 g/mol. The van der Waals surface area contributed by atoms with Gasteiger partial charge in [-0.3, -0.25) is 14.7 Å². The zero-order valence-electron chi connectivity index (χ0n) is 11.9. The third-order valence-corrected chi connectivity index (χ3v) is 4.59. The molecular formula is C15H21N3O2. The molecule has 0 aromatic carbocycles. The fourth-order valence-electron chi connectivity index (χ4n) is 3.28. The smallest absolute Gasteiger partial charge is 0.272 e. The van der Waals surface area contributed by atoms with Gasteiger partial charge in [-0.05, 0) is 25.0 Å². The van der Waals surface area contributed by atoms with Crippen molar-refractivity contribution >= 4 is 5.91 Å². The largest absolute Gasteiger partial charge is 0.383 e. The highest BCUT2D eigenvalue weighted by molar-refractivity contribution is 5.92. The lowest BCUT2D eigenvalue weighted by molar-refractivity contribution is -0.0213. The van der Waals surface area contributed by atoms with Crippen molar-refractivity contribution < 1.29 is 9.53 Å². The molecule has 1 aromatic rings. The molecule has 2 aliphatic heterocycles. The third kappa shape index (κ3) is 2.31. The van der Waals surface area contributed by atoms with Gasteiger partial charge in [0.1, 0.15) is 5.69 Å². The van der Waals surface area contributed by atoms with Gasteiger partial charge >= 0.3 is 0 Å². The lowest BCUT2D eigenvalue weighted by atomic mass is 9.84. The van der Waals surface area contributed by atoms with Gasteiger partial charge in [-0.1, -0.05) is 6.07 Å². The second-order valence-electron chi connectivity index (χ2n) is 5.65. The van der Waals surface area contributed by atoms with Crippen molar-refractivity contribution in [2.24, 2.45) is 0 Å². The number of nitrogens with zero attached hydrogens (tertiary/aromatic N) is 3. The summed E-state index contributed by atoms with van der Waals surface area (Å²) in [7, 11) is 1.73. The van der Waals surface area contributed by atoms with Crippen LogP contribution in [0.25, 0.3) is 0 Å². The second kappa shape index (κ2) is 5.50. The molecule has 3 heterocycles. The van der Waals surface area contributed by atoms with Gasteiger partial charge in [-0.25, -0.2) is 0 Å². The van der Waals surface area contributed by atoms with Gasteiger partial charge in [0.25, 0.3) is 5.91 Å². The van der Waals surface area contributed by atoms with E-state index in [9.17, 15) is 4.79 Å². The highest BCUT2D eigenvalue weighted by Crippen LogP contribution is 2.39. The molecule has 5 nitrogen and oxygen atoms in total. The Balaban J connectivity index is 1.64. The Kier molecular flexibility index (Phi) is 3.72. The molecule has 108 valence electrons. The minimum atomic E-state index is 0.0565. The van der Waals surface area contributed by atoms with Crippen LogP contribution < -0.4 is 0 Å². The summed E-state index contributed by atoms with van der Waals surface area (Å²) in [6, 6.07) is 5.48. The lowest BCUT2D eigenvalue weighted by Gasteiger charge is -2.50. The molecule has 5 heteroatoms. The van der Waals surface area contributed by atoms with Crippen molar-refractivity contribution in [2.75, 3.05) is 39.9 Å². The highest BCUT2D eigenvalue weighted by atomic mass is 16.5. The molecule has 1 unspecified atom stereocenters. The molecule has 0 radical (unpaired) electrons. The summed E-state index contributed by atoms with van der Waals surface area (Å²) in [6.45, 7) is 4.50. The van der Waals surface area contributed by atoms with E-state index >= 15 is 0 Å². The number of pyridine rings is 1. The van der Waals surface area contributed by atoms with Crippen LogP contribution in [0, 0.1) is 0 Å². The predicted molar refractivity (Wildman–Crippen MR) is 75.6 cm³/mol. The molecule has 2 saturated heterocycles. The van der Waals surface area contributed by atoms with E-state index in [1.807, 2.05) is 17.0 Å². The number of hydrogen-bond donors (Lipinski definition) is 0. The highest BCUT2D eigenvalue weighted by Gasteiger charge is 2.49. The first-order chi connectivity index (χ1) is 9.75. The number of amides is 1. The maximum Gasteiger partial charge on any atom is 0.272 e. The van der Waals surface area contributed by atoms with Gasteiger partial charge < -0.3 is 9.64 Å². The van der Waals surface area contributed by atoms with Gasteiger partial charge in [-0.2, -0.15) is 0 Å². The molecule has 1 spiro atoms. The number of ether oxygens (including phenoxy) is 1.